The van der Waals surface area contributed by atoms with Gasteiger partial charge in [-0.3, -0.25) is 9.59 Å². The fourth-order valence-electron chi connectivity index (χ4n) is 2.93. The van der Waals surface area contributed by atoms with Crippen LogP contribution in [0.5, 0.6) is 5.75 Å². The van der Waals surface area contributed by atoms with Gasteiger partial charge in [0.05, 0.1) is 18.6 Å². The minimum absolute atomic E-state index is 0.00658. The van der Waals surface area contributed by atoms with Crippen LogP contribution in [0.15, 0.2) is 24.3 Å². The number of amides is 2. The van der Waals surface area contributed by atoms with Gasteiger partial charge in [0.1, 0.15) is 5.75 Å². The monoisotopic (exact) mass is 382 g/mol. The first-order chi connectivity index (χ1) is 12.3. The maximum absolute atomic E-state index is 12.0. The van der Waals surface area contributed by atoms with E-state index in [-0.39, 0.29) is 35.8 Å². The van der Waals surface area contributed by atoms with E-state index in [0.717, 1.165) is 11.3 Å². The largest absolute Gasteiger partial charge is 0.497 e. The minimum atomic E-state index is -3.02. The van der Waals surface area contributed by atoms with E-state index >= 15 is 0 Å². The molecule has 8 heteroatoms. The van der Waals surface area contributed by atoms with Crippen molar-refractivity contribution in [2.24, 2.45) is 0 Å². The molecule has 1 atom stereocenters. The van der Waals surface area contributed by atoms with Crippen molar-refractivity contribution in [3.63, 3.8) is 0 Å². The highest BCUT2D eigenvalue weighted by molar-refractivity contribution is 7.91. The van der Waals surface area contributed by atoms with E-state index in [2.05, 4.69) is 5.32 Å². The van der Waals surface area contributed by atoms with Gasteiger partial charge in [-0.15, -0.1) is 0 Å². The summed E-state index contributed by atoms with van der Waals surface area (Å²) in [6, 6.07) is 7.33. The van der Waals surface area contributed by atoms with E-state index in [0.29, 0.717) is 25.9 Å². The molecule has 144 valence electrons. The summed E-state index contributed by atoms with van der Waals surface area (Å²) in [6.45, 7) is 2.32. The van der Waals surface area contributed by atoms with Crippen LogP contribution < -0.4 is 10.1 Å². The predicted molar refractivity (Wildman–Crippen MR) is 98.8 cm³/mol. The minimum Gasteiger partial charge on any atom is -0.497 e. The fraction of sp³-hybridized carbons (Fsp3) is 0.556. The number of methoxy groups -OCH3 is 1. The van der Waals surface area contributed by atoms with Crippen LogP contribution in [-0.4, -0.2) is 62.9 Å². The Morgan fingerprint density at radius 3 is 2.46 bits per heavy atom. The lowest BCUT2D eigenvalue weighted by Gasteiger charge is -2.21. The molecule has 0 aromatic heterocycles. The Balaban J connectivity index is 1.78. The number of hydrogen-bond acceptors (Lipinski definition) is 5. The molecule has 1 aliphatic rings. The topological polar surface area (TPSA) is 92.8 Å². The molecule has 0 bridgehead atoms. The first kappa shape index (κ1) is 20.2. The molecule has 2 rings (SSSR count). The highest BCUT2D eigenvalue weighted by Crippen LogP contribution is 2.13. The molecule has 0 saturated carbocycles. The molecule has 1 unspecified atom stereocenters. The lowest BCUT2D eigenvalue weighted by molar-refractivity contribution is -0.129. The Kier molecular flexibility index (Phi) is 7.02. The number of rotatable bonds is 8. The summed E-state index contributed by atoms with van der Waals surface area (Å²) in [5, 5.41) is 2.75. The van der Waals surface area contributed by atoms with Gasteiger partial charge >= 0.3 is 0 Å². The number of nitrogens with one attached hydrogen (secondary N) is 1. The summed E-state index contributed by atoms with van der Waals surface area (Å²) < 4.78 is 28.0. The van der Waals surface area contributed by atoms with E-state index < -0.39 is 9.84 Å². The van der Waals surface area contributed by atoms with Crippen molar-refractivity contribution in [2.75, 3.05) is 31.7 Å². The lowest BCUT2D eigenvalue weighted by atomic mass is 10.1. The Bertz CT molecular complexity index is 730. The van der Waals surface area contributed by atoms with Crippen LogP contribution in [-0.2, 0) is 25.8 Å². The Morgan fingerprint density at radius 1 is 1.23 bits per heavy atom. The molecule has 26 heavy (non-hydrogen) atoms. The zero-order valence-electron chi connectivity index (χ0n) is 15.2. The van der Waals surface area contributed by atoms with Crippen LogP contribution in [0.3, 0.4) is 0 Å². The number of carbonyl (C=O) groups is 2. The third kappa shape index (κ3) is 6.33. The molecule has 1 aliphatic heterocycles. The van der Waals surface area contributed by atoms with E-state index in [1.807, 2.05) is 24.3 Å². The Hall–Kier alpha value is -2.09. The van der Waals surface area contributed by atoms with Gasteiger partial charge in [-0.05, 0) is 30.5 Å². The molecule has 2 amide bonds. The lowest BCUT2D eigenvalue weighted by Crippen LogP contribution is -2.39. The summed E-state index contributed by atoms with van der Waals surface area (Å²) in [7, 11) is -1.41. The molecule has 0 spiro atoms. The van der Waals surface area contributed by atoms with Gasteiger partial charge in [-0.25, -0.2) is 8.42 Å². The van der Waals surface area contributed by atoms with Gasteiger partial charge < -0.3 is 15.0 Å². The van der Waals surface area contributed by atoms with Crippen molar-refractivity contribution in [3.8, 4) is 5.75 Å². The van der Waals surface area contributed by atoms with Crippen molar-refractivity contribution in [2.45, 2.75) is 32.2 Å². The van der Waals surface area contributed by atoms with E-state index in [9.17, 15) is 18.0 Å². The first-order valence-corrected chi connectivity index (χ1v) is 10.5. The zero-order chi connectivity index (χ0) is 19.2. The van der Waals surface area contributed by atoms with Crippen molar-refractivity contribution < 1.29 is 22.7 Å². The van der Waals surface area contributed by atoms with E-state index in [1.54, 1.807) is 12.0 Å². The summed E-state index contributed by atoms with van der Waals surface area (Å²) in [5.41, 5.74) is 1.08. The third-order valence-electron chi connectivity index (χ3n) is 4.48. The molecule has 0 aliphatic carbocycles. The van der Waals surface area contributed by atoms with Gasteiger partial charge in [0.25, 0.3) is 0 Å². The molecule has 1 N–H and O–H groups in total. The predicted octanol–water partition coefficient (Wildman–Crippen LogP) is 0.780. The number of carbonyl (C=O) groups excluding carboxylic acids is 2. The molecular weight excluding hydrogens is 356 g/mol. The first-order valence-electron chi connectivity index (χ1n) is 8.67. The van der Waals surface area contributed by atoms with E-state index in [4.69, 9.17) is 4.74 Å². The standard InChI is InChI=1S/C18H26N2O5S/c1-14(21)20(10-7-15-3-5-17(25-2)6-4-15)11-8-18(22)19-16-9-12-26(23,24)13-16/h3-6,16H,7-13H2,1-2H3,(H,19,22). The molecule has 1 aromatic rings. The smallest absolute Gasteiger partial charge is 0.222 e. The van der Waals surface area contributed by atoms with Crippen LogP contribution in [0.25, 0.3) is 0 Å². The summed E-state index contributed by atoms with van der Waals surface area (Å²) >= 11 is 0. The Morgan fingerprint density at radius 2 is 1.92 bits per heavy atom. The molecular formula is C18H26N2O5S. The summed E-state index contributed by atoms with van der Waals surface area (Å²) in [6.07, 6.45) is 1.31. The Labute approximate surface area is 154 Å². The normalized spacial score (nSPS) is 18.3. The van der Waals surface area contributed by atoms with Gasteiger partial charge in [0.15, 0.2) is 9.84 Å². The average molecular weight is 382 g/mol. The van der Waals surface area contributed by atoms with Crippen LogP contribution in [0, 0.1) is 0 Å². The second-order valence-electron chi connectivity index (χ2n) is 6.52. The zero-order valence-corrected chi connectivity index (χ0v) is 16.0. The maximum atomic E-state index is 12.0. The number of benzene rings is 1. The molecule has 0 radical (unpaired) electrons. The molecule has 1 aromatic carbocycles. The maximum Gasteiger partial charge on any atom is 0.222 e. The van der Waals surface area contributed by atoms with Gasteiger partial charge in [0, 0.05) is 32.5 Å². The van der Waals surface area contributed by atoms with Crippen molar-refractivity contribution in [1.82, 2.24) is 10.2 Å². The average Bonchev–Trinajstić information content (AvgIpc) is 2.93. The van der Waals surface area contributed by atoms with Crippen molar-refractivity contribution >= 4 is 21.7 Å². The SMILES string of the molecule is COc1ccc(CCN(CCC(=O)NC2CCS(=O)(=O)C2)C(C)=O)cc1. The molecule has 1 fully saturated rings. The van der Waals surface area contributed by atoms with Crippen LogP contribution >= 0.6 is 0 Å². The highest BCUT2D eigenvalue weighted by Gasteiger charge is 2.28. The van der Waals surface area contributed by atoms with Crippen LogP contribution in [0.4, 0.5) is 0 Å². The second kappa shape index (κ2) is 9.02. The van der Waals surface area contributed by atoms with E-state index in [1.165, 1.54) is 6.92 Å². The highest BCUT2D eigenvalue weighted by atomic mass is 32.2. The molecule has 1 saturated heterocycles. The number of sulfone groups is 1. The molecule has 7 nitrogen and oxygen atoms in total. The second-order valence-corrected chi connectivity index (χ2v) is 8.75. The summed E-state index contributed by atoms with van der Waals surface area (Å²) in [5.74, 6) is 0.603. The quantitative estimate of drug-likeness (QED) is 0.717. The van der Waals surface area contributed by atoms with Crippen molar-refractivity contribution in [1.29, 1.82) is 0 Å². The fourth-order valence-corrected chi connectivity index (χ4v) is 4.60. The summed E-state index contributed by atoms with van der Waals surface area (Å²) in [4.78, 5) is 25.5. The number of nitrogens with zero attached hydrogens (tertiary/aromatic N) is 1. The van der Waals surface area contributed by atoms with Gasteiger partial charge in [-0.1, -0.05) is 12.1 Å². The van der Waals surface area contributed by atoms with Crippen LogP contribution in [0.1, 0.15) is 25.3 Å². The van der Waals surface area contributed by atoms with Crippen molar-refractivity contribution in [3.05, 3.63) is 29.8 Å². The van der Waals surface area contributed by atoms with Gasteiger partial charge in [0.2, 0.25) is 11.8 Å². The van der Waals surface area contributed by atoms with Gasteiger partial charge in [-0.2, -0.15) is 0 Å². The number of ether oxygens (including phenoxy) is 1. The van der Waals surface area contributed by atoms with Crippen LogP contribution in [0.2, 0.25) is 0 Å². The number of hydrogen-bond donors (Lipinski definition) is 1. The third-order valence-corrected chi connectivity index (χ3v) is 6.25. The molecule has 1 heterocycles.